The summed E-state index contributed by atoms with van der Waals surface area (Å²) in [6.45, 7) is 6.93. The van der Waals surface area contributed by atoms with Crippen molar-refractivity contribution in [3.05, 3.63) is 47.0 Å². The molecule has 0 amide bonds. The molecule has 0 radical (unpaired) electrons. The molecule has 2 rings (SSSR count). The lowest BCUT2D eigenvalue weighted by atomic mass is 9.84. The molecule has 1 unspecified atom stereocenters. The normalized spacial score (nSPS) is 20.0. The zero-order valence-electron chi connectivity index (χ0n) is 15.3. The summed E-state index contributed by atoms with van der Waals surface area (Å²) in [6, 6.07) is 12.6. The van der Waals surface area contributed by atoms with Gasteiger partial charge in [0.1, 0.15) is 11.6 Å². The maximum atomic E-state index is 12.1. The number of nitriles is 1. The number of likely N-dealkylation sites (tertiary alicyclic amines) is 1. The van der Waals surface area contributed by atoms with Crippen molar-refractivity contribution < 1.29 is 9.53 Å². The van der Waals surface area contributed by atoms with Crippen LogP contribution in [0.5, 0.6) is 0 Å². The highest BCUT2D eigenvalue weighted by atomic mass is 16.5. The summed E-state index contributed by atoms with van der Waals surface area (Å²) < 4.78 is 5.09. The molecule has 1 heterocycles. The summed E-state index contributed by atoms with van der Waals surface area (Å²) in [7, 11) is 0. The van der Waals surface area contributed by atoms with Crippen molar-refractivity contribution in [2.45, 2.75) is 46.1 Å². The highest BCUT2D eigenvalue weighted by Gasteiger charge is 2.29. The SMILES string of the molecule is CCCCC1CN(Cc2ccccc2)CC/C1=C(\C#N)C(=O)OCC. The van der Waals surface area contributed by atoms with E-state index in [4.69, 9.17) is 4.74 Å². The zero-order valence-corrected chi connectivity index (χ0v) is 15.3. The van der Waals surface area contributed by atoms with E-state index < -0.39 is 5.97 Å². The van der Waals surface area contributed by atoms with E-state index in [0.717, 1.165) is 50.9 Å². The van der Waals surface area contributed by atoms with Crippen LogP contribution in [0, 0.1) is 17.2 Å². The topological polar surface area (TPSA) is 53.3 Å². The fraction of sp³-hybridized carbons (Fsp3) is 0.524. The first-order valence-electron chi connectivity index (χ1n) is 9.26. The van der Waals surface area contributed by atoms with E-state index in [1.165, 1.54) is 5.56 Å². The lowest BCUT2D eigenvalue weighted by molar-refractivity contribution is -0.138. The molecule has 0 aromatic heterocycles. The average molecular weight is 340 g/mol. The van der Waals surface area contributed by atoms with Crippen molar-refractivity contribution in [3.8, 4) is 6.07 Å². The molecular weight excluding hydrogens is 312 g/mol. The number of piperidine rings is 1. The first-order chi connectivity index (χ1) is 12.2. The van der Waals surface area contributed by atoms with Gasteiger partial charge in [-0.2, -0.15) is 5.26 Å². The Balaban J connectivity index is 2.16. The quantitative estimate of drug-likeness (QED) is 0.426. The maximum Gasteiger partial charge on any atom is 0.348 e. The summed E-state index contributed by atoms with van der Waals surface area (Å²) >= 11 is 0. The number of ether oxygens (including phenoxy) is 1. The number of unbranched alkanes of at least 4 members (excludes halogenated alkanes) is 1. The van der Waals surface area contributed by atoms with Crippen molar-refractivity contribution in [2.24, 2.45) is 5.92 Å². The number of hydrogen-bond donors (Lipinski definition) is 0. The Morgan fingerprint density at radius 3 is 2.72 bits per heavy atom. The Morgan fingerprint density at radius 2 is 2.08 bits per heavy atom. The summed E-state index contributed by atoms with van der Waals surface area (Å²) in [5, 5.41) is 9.50. The molecule has 4 heteroatoms. The lowest BCUT2D eigenvalue weighted by Gasteiger charge is -2.35. The molecular formula is C21H28N2O2. The molecule has 1 atom stereocenters. The first-order valence-corrected chi connectivity index (χ1v) is 9.26. The summed E-state index contributed by atoms with van der Waals surface area (Å²) in [6.07, 6.45) is 4.00. The molecule has 1 aliphatic heterocycles. The minimum absolute atomic E-state index is 0.238. The van der Waals surface area contributed by atoms with Crippen LogP contribution in [0.1, 0.15) is 45.1 Å². The maximum absolute atomic E-state index is 12.1. The van der Waals surface area contributed by atoms with Gasteiger partial charge in [-0.15, -0.1) is 0 Å². The minimum Gasteiger partial charge on any atom is -0.462 e. The summed E-state index contributed by atoms with van der Waals surface area (Å²) in [5.74, 6) is -0.200. The van der Waals surface area contributed by atoms with Gasteiger partial charge in [0.15, 0.2) is 0 Å². The molecule has 1 aromatic rings. The van der Waals surface area contributed by atoms with Gasteiger partial charge in [0.05, 0.1) is 6.61 Å². The summed E-state index contributed by atoms with van der Waals surface area (Å²) in [5.41, 5.74) is 2.54. The Hall–Kier alpha value is -2.12. The molecule has 4 nitrogen and oxygen atoms in total. The van der Waals surface area contributed by atoms with Crippen molar-refractivity contribution in [1.82, 2.24) is 4.90 Å². The second-order valence-electron chi connectivity index (χ2n) is 6.54. The standard InChI is InChI=1S/C21H28N2O2/c1-3-5-11-18-16-23(15-17-9-7-6-8-10-17)13-12-19(18)20(14-22)21(24)25-4-2/h6-10,18H,3-5,11-13,15-16H2,1-2H3/b20-19-. The molecule has 0 saturated carbocycles. The number of esters is 1. The zero-order chi connectivity index (χ0) is 18.1. The molecule has 0 bridgehead atoms. The average Bonchev–Trinajstić information content (AvgIpc) is 2.63. The van der Waals surface area contributed by atoms with Gasteiger partial charge in [-0.1, -0.05) is 50.1 Å². The predicted octanol–water partition coefficient (Wildman–Crippen LogP) is 4.08. The molecule has 1 saturated heterocycles. The van der Waals surface area contributed by atoms with Gasteiger partial charge in [-0.3, -0.25) is 4.90 Å². The van der Waals surface area contributed by atoms with E-state index in [1.807, 2.05) is 6.07 Å². The van der Waals surface area contributed by atoms with E-state index in [2.05, 4.69) is 42.2 Å². The molecule has 1 aliphatic rings. The van der Waals surface area contributed by atoms with Crippen LogP contribution in [0.3, 0.4) is 0 Å². The van der Waals surface area contributed by atoms with Crippen molar-refractivity contribution in [1.29, 1.82) is 5.26 Å². The molecule has 0 aliphatic carbocycles. The van der Waals surface area contributed by atoms with Gasteiger partial charge in [0.25, 0.3) is 0 Å². The third kappa shape index (κ3) is 5.44. The number of carbonyl (C=O) groups excluding carboxylic acids is 1. The van der Waals surface area contributed by atoms with Crippen LogP contribution in [0.2, 0.25) is 0 Å². The van der Waals surface area contributed by atoms with E-state index in [1.54, 1.807) is 6.92 Å². The largest absolute Gasteiger partial charge is 0.462 e. The number of hydrogen-bond acceptors (Lipinski definition) is 4. The number of rotatable bonds is 7. The second-order valence-corrected chi connectivity index (χ2v) is 6.54. The second kappa shape index (κ2) is 10.0. The number of benzene rings is 1. The van der Waals surface area contributed by atoms with E-state index in [9.17, 15) is 10.1 Å². The highest BCUT2D eigenvalue weighted by Crippen LogP contribution is 2.31. The van der Waals surface area contributed by atoms with Crippen LogP contribution in [0.25, 0.3) is 0 Å². The van der Waals surface area contributed by atoms with Gasteiger partial charge in [-0.05, 0) is 36.8 Å². The van der Waals surface area contributed by atoms with Gasteiger partial charge < -0.3 is 4.74 Å². The fourth-order valence-electron chi connectivity index (χ4n) is 3.48. The van der Waals surface area contributed by atoms with Gasteiger partial charge in [-0.25, -0.2) is 4.79 Å². The molecule has 0 N–H and O–H groups in total. The molecule has 134 valence electrons. The first kappa shape index (κ1) is 19.2. The van der Waals surface area contributed by atoms with Gasteiger partial charge in [0.2, 0.25) is 0 Å². The number of nitrogens with zero attached hydrogens (tertiary/aromatic N) is 2. The van der Waals surface area contributed by atoms with Crippen LogP contribution in [-0.4, -0.2) is 30.6 Å². The smallest absolute Gasteiger partial charge is 0.348 e. The van der Waals surface area contributed by atoms with Crippen LogP contribution < -0.4 is 0 Å². The minimum atomic E-state index is -0.460. The Bertz CT molecular complexity index is 631. The Kier molecular flexibility index (Phi) is 7.69. The van der Waals surface area contributed by atoms with E-state index >= 15 is 0 Å². The van der Waals surface area contributed by atoms with E-state index in [0.29, 0.717) is 6.61 Å². The van der Waals surface area contributed by atoms with Crippen LogP contribution in [0.4, 0.5) is 0 Å². The molecule has 1 aromatic carbocycles. The van der Waals surface area contributed by atoms with Gasteiger partial charge in [0, 0.05) is 19.6 Å². The molecule has 25 heavy (non-hydrogen) atoms. The lowest BCUT2D eigenvalue weighted by Crippen LogP contribution is -2.37. The molecule has 1 fully saturated rings. The third-order valence-electron chi connectivity index (χ3n) is 4.74. The van der Waals surface area contributed by atoms with Crippen molar-refractivity contribution in [2.75, 3.05) is 19.7 Å². The van der Waals surface area contributed by atoms with Crippen LogP contribution in [-0.2, 0) is 16.1 Å². The summed E-state index contributed by atoms with van der Waals surface area (Å²) in [4.78, 5) is 14.6. The van der Waals surface area contributed by atoms with Crippen molar-refractivity contribution >= 4 is 5.97 Å². The van der Waals surface area contributed by atoms with Crippen LogP contribution >= 0.6 is 0 Å². The van der Waals surface area contributed by atoms with Crippen molar-refractivity contribution in [3.63, 3.8) is 0 Å². The molecule has 0 spiro atoms. The number of carbonyl (C=O) groups is 1. The van der Waals surface area contributed by atoms with E-state index in [-0.39, 0.29) is 11.5 Å². The predicted molar refractivity (Wildman–Crippen MR) is 98.6 cm³/mol. The highest BCUT2D eigenvalue weighted by molar-refractivity contribution is 5.93. The van der Waals surface area contributed by atoms with Crippen LogP contribution in [0.15, 0.2) is 41.5 Å². The monoisotopic (exact) mass is 340 g/mol. The third-order valence-corrected chi connectivity index (χ3v) is 4.74. The Labute approximate surface area is 151 Å². The Morgan fingerprint density at radius 1 is 1.32 bits per heavy atom. The van der Waals surface area contributed by atoms with Gasteiger partial charge >= 0.3 is 5.97 Å². The fourth-order valence-corrected chi connectivity index (χ4v) is 3.48.